The number of carbonyl (C=O) groups is 1. The van der Waals surface area contributed by atoms with Crippen LogP contribution in [0.3, 0.4) is 0 Å². The van der Waals surface area contributed by atoms with Gasteiger partial charge in [0.15, 0.2) is 0 Å². The Morgan fingerprint density at radius 2 is 1.91 bits per heavy atom. The van der Waals surface area contributed by atoms with E-state index in [2.05, 4.69) is 4.90 Å². The van der Waals surface area contributed by atoms with Gasteiger partial charge in [0.05, 0.1) is 42.1 Å². The van der Waals surface area contributed by atoms with Crippen LogP contribution in [-0.4, -0.2) is 43.0 Å². The molecule has 2 heterocycles. The van der Waals surface area contributed by atoms with Crippen LogP contribution in [0.25, 0.3) is 0 Å². The van der Waals surface area contributed by atoms with Crippen LogP contribution >= 0.6 is 23.2 Å². The molecule has 1 amide bonds. The third kappa shape index (κ3) is 4.40. The SMILES string of the molecule is O=C(Cc1ccc(Cl)c(Cl)c1)N1CCCC[C@@H]1C[NH+]1CCCC1. The first-order valence-electron chi connectivity index (χ1n) is 8.70. The number of benzene rings is 1. The van der Waals surface area contributed by atoms with E-state index in [-0.39, 0.29) is 5.91 Å². The summed E-state index contributed by atoms with van der Waals surface area (Å²) in [6.45, 7) is 4.56. The molecule has 1 atom stereocenters. The summed E-state index contributed by atoms with van der Waals surface area (Å²) in [7, 11) is 0. The second-order valence-electron chi connectivity index (χ2n) is 6.82. The Balaban J connectivity index is 1.64. The van der Waals surface area contributed by atoms with Gasteiger partial charge in [-0.25, -0.2) is 0 Å². The molecule has 3 rings (SSSR count). The predicted octanol–water partition coefficient (Wildman–Crippen LogP) is 2.60. The molecular weight excluding hydrogens is 331 g/mol. The number of halogens is 2. The van der Waals surface area contributed by atoms with Crippen molar-refractivity contribution in [2.75, 3.05) is 26.2 Å². The maximum absolute atomic E-state index is 12.8. The molecule has 0 unspecified atom stereocenters. The van der Waals surface area contributed by atoms with Gasteiger partial charge in [0.25, 0.3) is 0 Å². The standard InChI is InChI=1S/C18H24Cl2N2O/c19-16-7-6-14(11-17(16)20)12-18(23)22-10-2-1-5-15(22)13-21-8-3-4-9-21/h6-7,11,15H,1-5,8-10,12-13H2/p+1/t15-/m1/s1. The van der Waals surface area contributed by atoms with Gasteiger partial charge in [-0.1, -0.05) is 29.3 Å². The first-order valence-corrected chi connectivity index (χ1v) is 9.46. The molecule has 2 aliphatic heterocycles. The van der Waals surface area contributed by atoms with Crippen molar-refractivity contribution < 1.29 is 9.69 Å². The van der Waals surface area contributed by atoms with Crippen LogP contribution in [0.4, 0.5) is 0 Å². The quantitative estimate of drug-likeness (QED) is 0.881. The minimum absolute atomic E-state index is 0.228. The van der Waals surface area contributed by atoms with Crippen LogP contribution in [0, 0.1) is 0 Å². The van der Waals surface area contributed by atoms with Crippen LogP contribution in [0.2, 0.25) is 10.0 Å². The van der Waals surface area contributed by atoms with Gasteiger partial charge in [-0.3, -0.25) is 4.79 Å². The molecule has 126 valence electrons. The molecule has 0 saturated carbocycles. The van der Waals surface area contributed by atoms with Crippen molar-refractivity contribution in [3.63, 3.8) is 0 Å². The molecule has 2 fully saturated rings. The van der Waals surface area contributed by atoms with Gasteiger partial charge in [-0.2, -0.15) is 0 Å². The van der Waals surface area contributed by atoms with Gasteiger partial charge in [0, 0.05) is 19.4 Å². The summed E-state index contributed by atoms with van der Waals surface area (Å²) in [5.41, 5.74) is 0.947. The van der Waals surface area contributed by atoms with E-state index in [1.165, 1.54) is 32.4 Å². The molecule has 0 radical (unpaired) electrons. The topological polar surface area (TPSA) is 24.8 Å². The van der Waals surface area contributed by atoms with Crippen molar-refractivity contribution in [2.24, 2.45) is 0 Å². The molecule has 1 aromatic carbocycles. The normalized spacial score (nSPS) is 22.5. The average Bonchev–Trinajstić information content (AvgIpc) is 3.04. The Hall–Kier alpha value is -0.770. The number of amides is 1. The molecule has 3 nitrogen and oxygen atoms in total. The van der Waals surface area contributed by atoms with Crippen LogP contribution < -0.4 is 4.90 Å². The van der Waals surface area contributed by atoms with Crippen molar-refractivity contribution in [3.05, 3.63) is 33.8 Å². The molecule has 0 bridgehead atoms. The van der Waals surface area contributed by atoms with E-state index in [0.717, 1.165) is 31.5 Å². The van der Waals surface area contributed by atoms with Gasteiger partial charge < -0.3 is 9.80 Å². The van der Waals surface area contributed by atoms with Gasteiger partial charge in [-0.15, -0.1) is 0 Å². The molecule has 23 heavy (non-hydrogen) atoms. The van der Waals surface area contributed by atoms with Crippen molar-refractivity contribution in [1.82, 2.24) is 4.90 Å². The van der Waals surface area contributed by atoms with Gasteiger partial charge in [0.2, 0.25) is 5.91 Å². The summed E-state index contributed by atoms with van der Waals surface area (Å²) in [4.78, 5) is 16.6. The lowest BCUT2D eigenvalue weighted by molar-refractivity contribution is -0.889. The molecule has 1 aromatic rings. The van der Waals surface area contributed by atoms with Crippen molar-refractivity contribution in [2.45, 2.75) is 44.6 Å². The van der Waals surface area contributed by atoms with Crippen molar-refractivity contribution in [3.8, 4) is 0 Å². The third-order valence-corrected chi connectivity index (χ3v) is 5.86. The molecule has 2 saturated heterocycles. The fourth-order valence-corrected chi connectivity index (χ4v) is 4.20. The maximum atomic E-state index is 12.8. The maximum Gasteiger partial charge on any atom is 0.227 e. The monoisotopic (exact) mass is 355 g/mol. The van der Waals surface area contributed by atoms with Crippen molar-refractivity contribution in [1.29, 1.82) is 0 Å². The highest BCUT2D eigenvalue weighted by atomic mass is 35.5. The van der Waals surface area contributed by atoms with E-state index in [0.29, 0.717) is 22.5 Å². The lowest BCUT2D eigenvalue weighted by atomic mass is 10.00. The highest BCUT2D eigenvalue weighted by molar-refractivity contribution is 6.42. The average molecular weight is 356 g/mol. The molecule has 0 aliphatic carbocycles. The summed E-state index contributed by atoms with van der Waals surface area (Å²) in [5, 5.41) is 1.06. The lowest BCUT2D eigenvalue weighted by Crippen LogP contribution is -3.11. The van der Waals surface area contributed by atoms with Crippen LogP contribution in [0.5, 0.6) is 0 Å². The van der Waals surface area contributed by atoms with Gasteiger partial charge in [0.1, 0.15) is 0 Å². The number of rotatable bonds is 4. The Labute approximate surface area is 148 Å². The molecule has 1 N–H and O–H groups in total. The minimum atomic E-state index is 0.228. The lowest BCUT2D eigenvalue weighted by Gasteiger charge is -2.36. The number of hydrogen-bond acceptors (Lipinski definition) is 1. The number of nitrogens with zero attached hydrogens (tertiary/aromatic N) is 1. The number of nitrogens with one attached hydrogen (secondary N) is 1. The van der Waals surface area contributed by atoms with E-state index >= 15 is 0 Å². The molecule has 0 spiro atoms. The third-order valence-electron chi connectivity index (χ3n) is 5.12. The molecular formula is C18H25Cl2N2O+. The zero-order chi connectivity index (χ0) is 16.2. The van der Waals surface area contributed by atoms with Crippen LogP contribution in [0.15, 0.2) is 18.2 Å². The Morgan fingerprint density at radius 3 is 2.65 bits per heavy atom. The first-order chi connectivity index (χ1) is 11.1. The second kappa shape index (κ2) is 7.87. The van der Waals surface area contributed by atoms with E-state index in [1.807, 2.05) is 12.1 Å². The predicted molar refractivity (Wildman–Crippen MR) is 94.3 cm³/mol. The fraction of sp³-hybridized carbons (Fsp3) is 0.611. The smallest absolute Gasteiger partial charge is 0.227 e. The second-order valence-corrected chi connectivity index (χ2v) is 7.64. The van der Waals surface area contributed by atoms with Gasteiger partial charge in [-0.05, 0) is 37.0 Å². The van der Waals surface area contributed by atoms with Gasteiger partial charge >= 0.3 is 0 Å². The number of carbonyl (C=O) groups excluding carboxylic acids is 1. The largest absolute Gasteiger partial charge is 0.334 e. The molecule has 5 heteroatoms. The Bertz CT molecular complexity index is 558. The van der Waals surface area contributed by atoms with Crippen LogP contribution in [-0.2, 0) is 11.2 Å². The van der Waals surface area contributed by atoms with E-state index in [9.17, 15) is 4.79 Å². The first kappa shape index (κ1) is 17.1. The van der Waals surface area contributed by atoms with Crippen molar-refractivity contribution >= 4 is 29.1 Å². The fourth-order valence-electron chi connectivity index (χ4n) is 3.88. The molecule has 2 aliphatic rings. The number of likely N-dealkylation sites (tertiary alicyclic amines) is 2. The summed E-state index contributed by atoms with van der Waals surface area (Å²) < 4.78 is 0. The summed E-state index contributed by atoms with van der Waals surface area (Å²) in [6, 6.07) is 5.89. The highest BCUT2D eigenvalue weighted by Gasteiger charge is 2.30. The van der Waals surface area contributed by atoms with Crippen LogP contribution in [0.1, 0.15) is 37.7 Å². The number of piperidine rings is 1. The number of quaternary nitrogens is 1. The zero-order valence-corrected chi connectivity index (χ0v) is 15.0. The summed E-state index contributed by atoms with van der Waals surface area (Å²) in [6.07, 6.45) is 6.60. The highest BCUT2D eigenvalue weighted by Crippen LogP contribution is 2.24. The number of hydrogen-bond donors (Lipinski definition) is 1. The minimum Gasteiger partial charge on any atom is -0.334 e. The Morgan fingerprint density at radius 1 is 1.13 bits per heavy atom. The summed E-state index contributed by atoms with van der Waals surface area (Å²) in [5.74, 6) is 0.228. The Kier molecular flexibility index (Phi) is 5.84. The zero-order valence-electron chi connectivity index (χ0n) is 13.5. The van der Waals surface area contributed by atoms with E-state index in [4.69, 9.17) is 23.2 Å². The molecule has 0 aromatic heterocycles. The van der Waals surface area contributed by atoms with E-state index in [1.54, 1.807) is 11.0 Å². The van der Waals surface area contributed by atoms with E-state index < -0.39 is 0 Å². The summed E-state index contributed by atoms with van der Waals surface area (Å²) >= 11 is 12.0.